The minimum absolute atomic E-state index is 0.556. The second-order valence-electron chi connectivity index (χ2n) is 3.48. The van der Waals surface area contributed by atoms with E-state index in [-0.39, 0.29) is 0 Å². The van der Waals surface area contributed by atoms with E-state index in [0.717, 1.165) is 16.8 Å². The minimum Gasteiger partial charge on any atom is -0.481 e. The molecule has 0 fully saturated rings. The third kappa shape index (κ3) is 1.82. The molecule has 0 aliphatic heterocycles. The van der Waals surface area contributed by atoms with Crippen LogP contribution in [0.5, 0.6) is 5.88 Å². The molecule has 2 rings (SSSR count). The Morgan fingerprint density at radius 3 is 2.69 bits per heavy atom. The lowest BCUT2D eigenvalue weighted by Crippen LogP contribution is -1.97. The first-order valence-electron chi connectivity index (χ1n) is 4.94. The monoisotopic (exact) mass is 215 g/mol. The van der Waals surface area contributed by atoms with Gasteiger partial charge in [-0.25, -0.2) is 4.98 Å². The van der Waals surface area contributed by atoms with Crippen LogP contribution < -0.4 is 10.5 Å². The number of pyridine rings is 2. The Morgan fingerprint density at radius 2 is 1.94 bits per heavy atom. The van der Waals surface area contributed by atoms with Gasteiger partial charge < -0.3 is 10.5 Å². The van der Waals surface area contributed by atoms with Gasteiger partial charge in [-0.05, 0) is 24.6 Å². The Bertz CT molecular complexity index is 511. The van der Waals surface area contributed by atoms with Crippen LogP contribution in [0, 0.1) is 6.92 Å². The number of anilines is 1. The van der Waals surface area contributed by atoms with Crippen LogP contribution in [-0.4, -0.2) is 17.1 Å². The van der Waals surface area contributed by atoms with Gasteiger partial charge in [-0.15, -0.1) is 0 Å². The number of nitrogen functional groups attached to an aromatic ring is 1. The molecule has 2 heterocycles. The first-order valence-corrected chi connectivity index (χ1v) is 4.94. The quantitative estimate of drug-likeness (QED) is 0.832. The molecule has 4 heteroatoms. The maximum Gasteiger partial charge on any atom is 0.213 e. The number of nitrogens with two attached hydrogens (primary N) is 1. The first kappa shape index (κ1) is 10.4. The highest BCUT2D eigenvalue weighted by atomic mass is 16.5. The number of hydrogen-bond donors (Lipinski definition) is 1. The standard InChI is InChI=1S/C12H13N3O/c1-8-3-5-15-12(11(8)13)9-4-6-14-10(7-9)16-2/h3-7H,13H2,1-2H3. The highest BCUT2D eigenvalue weighted by Crippen LogP contribution is 2.27. The average Bonchev–Trinajstić information content (AvgIpc) is 2.33. The molecule has 82 valence electrons. The largest absolute Gasteiger partial charge is 0.481 e. The Labute approximate surface area is 94.1 Å². The van der Waals surface area contributed by atoms with Crippen molar-refractivity contribution in [3.05, 3.63) is 36.2 Å². The zero-order valence-corrected chi connectivity index (χ0v) is 9.27. The van der Waals surface area contributed by atoms with Crippen LogP contribution in [0.15, 0.2) is 30.6 Å². The summed E-state index contributed by atoms with van der Waals surface area (Å²) in [5.41, 5.74) is 9.36. The number of methoxy groups -OCH3 is 1. The molecule has 0 aliphatic carbocycles. The van der Waals surface area contributed by atoms with Crippen LogP contribution in [0.25, 0.3) is 11.3 Å². The van der Waals surface area contributed by atoms with Crippen LogP contribution in [0.1, 0.15) is 5.56 Å². The van der Waals surface area contributed by atoms with Crippen molar-refractivity contribution in [2.45, 2.75) is 6.92 Å². The van der Waals surface area contributed by atoms with Gasteiger partial charge in [0.05, 0.1) is 18.5 Å². The van der Waals surface area contributed by atoms with Gasteiger partial charge in [-0.2, -0.15) is 0 Å². The van der Waals surface area contributed by atoms with Gasteiger partial charge >= 0.3 is 0 Å². The normalized spacial score (nSPS) is 10.1. The van der Waals surface area contributed by atoms with Crippen LogP contribution in [0.4, 0.5) is 5.69 Å². The third-order valence-corrected chi connectivity index (χ3v) is 2.43. The summed E-state index contributed by atoms with van der Waals surface area (Å²) in [6, 6.07) is 5.57. The fraction of sp³-hybridized carbons (Fsp3) is 0.167. The molecule has 0 saturated heterocycles. The van der Waals surface area contributed by atoms with E-state index < -0.39 is 0 Å². The molecule has 0 spiro atoms. The van der Waals surface area contributed by atoms with Crippen LogP contribution in [0.2, 0.25) is 0 Å². The zero-order chi connectivity index (χ0) is 11.5. The van der Waals surface area contributed by atoms with E-state index in [2.05, 4.69) is 9.97 Å². The van der Waals surface area contributed by atoms with Crippen molar-refractivity contribution in [1.82, 2.24) is 9.97 Å². The molecule has 0 amide bonds. The van der Waals surface area contributed by atoms with Gasteiger partial charge in [-0.3, -0.25) is 4.98 Å². The molecular weight excluding hydrogens is 202 g/mol. The first-order chi connectivity index (χ1) is 7.72. The van der Waals surface area contributed by atoms with Crippen molar-refractivity contribution in [3.63, 3.8) is 0 Å². The Balaban J connectivity index is 2.54. The predicted molar refractivity (Wildman–Crippen MR) is 63.2 cm³/mol. The summed E-state index contributed by atoms with van der Waals surface area (Å²) in [4.78, 5) is 8.32. The van der Waals surface area contributed by atoms with Gasteiger partial charge in [0, 0.05) is 24.0 Å². The van der Waals surface area contributed by atoms with Crippen molar-refractivity contribution in [2.75, 3.05) is 12.8 Å². The smallest absolute Gasteiger partial charge is 0.213 e. The Hall–Kier alpha value is -2.10. The van der Waals surface area contributed by atoms with Gasteiger partial charge in [0.1, 0.15) is 0 Å². The summed E-state index contributed by atoms with van der Waals surface area (Å²) in [7, 11) is 1.58. The van der Waals surface area contributed by atoms with Crippen molar-refractivity contribution >= 4 is 5.69 Å². The highest BCUT2D eigenvalue weighted by molar-refractivity contribution is 5.74. The average molecular weight is 215 g/mol. The van der Waals surface area contributed by atoms with E-state index in [1.54, 1.807) is 19.5 Å². The number of hydrogen-bond acceptors (Lipinski definition) is 4. The molecule has 0 unspecified atom stereocenters. The Kier molecular flexibility index (Phi) is 2.72. The number of ether oxygens (including phenoxy) is 1. The Morgan fingerprint density at radius 1 is 1.19 bits per heavy atom. The van der Waals surface area contributed by atoms with E-state index >= 15 is 0 Å². The topological polar surface area (TPSA) is 61.0 Å². The van der Waals surface area contributed by atoms with E-state index in [9.17, 15) is 0 Å². The summed E-state index contributed by atoms with van der Waals surface area (Å²) >= 11 is 0. The van der Waals surface area contributed by atoms with Crippen molar-refractivity contribution in [2.24, 2.45) is 0 Å². The molecule has 0 aromatic carbocycles. The summed E-state index contributed by atoms with van der Waals surface area (Å²) < 4.78 is 5.07. The molecule has 2 N–H and O–H groups in total. The van der Waals surface area contributed by atoms with Gasteiger partial charge in [0.2, 0.25) is 5.88 Å². The summed E-state index contributed by atoms with van der Waals surface area (Å²) in [5, 5.41) is 0. The maximum atomic E-state index is 5.98. The third-order valence-electron chi connectivity index (χ3n) is 2.43. The SMILES string of the molecule is COc1cc(-c2nccc(C)c2N)ccn1. The molecule has 2 aromatic rings. The summed E-state index contributed by atoms with van der Waals surface area (Å²) in [5.74, 6) is 0.556. The fourth-order valence-electron chi connectivity index (χ4n) is 1.47. The highest BCUT2D eigenvalue weighted by Gasteiger charge is 2.07. The van der Waals surface area contributed by atoms with Crippen LogP contribution in [-0.2, 0) is 0 Å². The molecule has 0 atom stereocenters. The maximum absolute atomic E-state index is 5.98. The molecule has 16 heavy (non-hydrogen) atoms. The number of nitrogens with zero attached hydrogens (tertiary/aromatic N) is 2. The van der Waals surface area contributed by atoms with Crippen molar-refractivity contribution < 1.29 is 4.74 Å². The van der Waals surface area contributed by atoms with Crippen LogP contribution in [0.3, 0.4) is 0 Å². The lowest BCUT2D eigenvalue weighted by atomic mass is 10.1. The van der Waals surface area contributed by atoms with Gasteiger partial charge in [0.15, 0.2) is 0 Å². The second kappa shape index (κ2) is 4.18. The molecule has 0 bridgehead atoms. The second-order valence-corrected chi connectivity index (χ2v) is 3.48. The summed E-state index contributed by atoms with van der Waals surface area (Å²) in [6.07, 6.45) is 3.42. The predicted octanol–water partition coefficient (Wildman–Crippen LogP) is 2.04. The molecular formula is C12H13N3O. The van der Waals surface area contributed by atoms with E-state index in [4.69, 9.17) is 10.5 Å². The molecule has 2 aromatic heterocycles. The molecule has 4 nitrogen and oxygen atoms in total. The molecule has 0 radical (unpaired) electrons. The summed E-state index contributed by atoms with van der Waals surface area (Å²) in [6.45, 7) is 1.96. The molecule has 0 aliphatic rings. The van der Waals surface area contributed by atoms with Gasteiger partial charge in [-0.1, -0.05) is 0 Å². The van der Waals surface area contributed by atoms with Crippen molar-refractivity contribution in [3.8, 4) is 17.1 Å². The number of aromatic nitrogens is 2. The zero-order valence-electron chi connectivity index (χ0n) is 9.27. The lowest BCUT2D eigenvalue weighted by Gasteiger charge is -2.07. The number of aryl methyl sites for hydroxylation is 1. The number of rotatable bonds is 2. The lowest BCUT2D eigenvalue weighted by molar-refractivity contribution is 0.398. The van der Waals surface area contributed by atoms with E-state index in [1.165, 1.54) is 0 Å². The molecule has 0 saturated carbocycles. The minimum atomic E-state index is 0.556. The fourth-order valence-corrected chi connectivity index (χ4v) is 1.47. The van der Waals surface area contributed by atoms with E-state index in [0.29, 0.717) is 11.6 Å². The van der Waals surface area contributed by atoms with Crippen molar-refractivity contribution in [1.29, 1.82) is 0 Å². The van der Waals surface area contributed by atoms with Gasteiger partial charge in [0.25, 0.3) is 0 Å². The van der Waals surface area contributed by atoms with E-state index in [1.807, 2.05) is 25.1 Å². The van der Waals surface area contributed by atoms with Crippen LogP contribution >= 0.6 is 0 Å².